The van der Waals surface area contributed by atoms with Crippen LogP contribution in [0.15, 0.2) is 12.1 Å². The van der Waals surface area contributed by atoms with E-state index in [4.69, 9.17) is 11.6 Å². The van der Waals surface area contributed by atoms with Gasteiger partial charge in [-0.05, 0) is 31.5 Å². The maximum absolute atomic E-state index is 11.6. The Hall–Kier alpha value is -1.20. The number of rotatable bonds is 2. The molecule has 0 bridgehead atoms. The van der Waals surface area contributed by atoms with E-state index < -0.39 is 0 Å². The van der Waals surface area contributed by atoms with E-state index in [1.54, 1.807) is 12.1 Å². The second-order valence-electron chi connectivity index (χ2n) is 3.38. The minimum Gasteiger partial charge on any atom is -0.308 e. The van der Waals surface area contributed by atoms with Gasteiger partial charge in [0.1, 0.15) is 0 Å². The Labute approximate surface area is 92.2 Å². The molecule has 0 radical (unpaired) electrons. The third-order valence-electron chi connectivity index (χ3n) is 2.26. The second-order valence-corrected chi connectivity index (χ2v) is 3.77. The average molecular weight is 227 g/mol. The molecule has 15 heavy (non-hydrogen) atoms. The highest BCUT2D eigenvalue weighted by atomic mass is 35.5. The van der Waals surface area contributed by atoms with E-state index >= 15 is 0 Å². The van der Waals surface area contributed by atoms with Crippen molar-refractivity contribution in [1.29, 1.82) is 0 Å². The van der Waals surface area contributed by atoms with E-state index in [-0.39, 0.29) is 11.9 Å². The first kappa shape index (κ1) is 10.3. The largest absolute Gasteiger partial charge is 0.308 e. The van der Waals surface area contributed by atoms with Crippen molar-refractivity contribution in [2.75, 3.05) is 11.9 Å². The molecule has 1 aromatic rings. The lowest BCUT2D eigenvalue weighted by Crippen LogP contribution is -2.35. The minimum absolute atomic E-state index is 0.0656. The summed E-state index contributed by atoms with van der Waals surface area (Å²) in [6.07, 6.45) is 1.90. The van der Waals surface area contributed by atoms with E-state index in [9.17, 15) is 4.79 Å². The van der Waals surface area contributed by atoms with Crippen LogP contribution >= 0.6 is 11.6 Å². The number of hydrogen-bond acceptors (Lipinski definition) is 4. The molecule has 1 saturated heterocycles. The molecule has 0 spiro atoms. The zero-order chi connectivity index (χ0) is 10.7. The number of nitrogens with one attached hydrogen (secondary N) is 2. The van der Waals surface area contributed by atoms with Crippen LogP contribution in [0.5, 0.6) is 0 Å². The van der Waals surface area contributed by atoms with Gasteiger partial charge in [0.2, 0.25) is 5.91 Å². The highest BCUT2D eigenvalue weighted by Gasteiger charge is 2.22. The molecule has 1 fully saturated rings. The number of hydrogen-bond donors (Lipinski definition) is 2. The fourth-order valence-electron chi connectivity index (χ4n) is 1.50. The fraction of sp³-hybridized carbons (Fsp3) is 0.444. The van der Waals surface area contributed by atoms with Crippen LogP contribution in [0, 0.1) is 0 Å². The van der Waals surface area contributed by atoms with E-state index in [1.165, 1.54) is 0 Å². The van der Waals surface area contributed by atoms with Gasteiger partial charge in [-0.1, -0.05) is 11.6 Å². The van der Waals surface area contributed by atoms with Crippen LogP contribution in [0.3, 0.4) is 0 Å². The summed E-state index contributed by atoms with van der Waals surface area (Å²) in [5, 5.41) is 13.5. The van der Waals surface area contributed by atoms with Gasteiger partial charge in [-0.25, -0.2) is 0 Å². The highest BCUT2D eigenvalue weighted by molar-refractivity contribution is 6.29. The quantitative estimate of drug-likeness (QED) is 0.784. The highest BCUT2D eigenvalue weighted by Crippen LogP contribution is 2.09. The summed E-state index contributed by atoms with van der Waals surface area (Å²) in [6, 6.07) is 3.11. The average Bonchev–Trinajstić information content (AvgIpc) is 2.74. The molecule has 0 aromatic carbocycles. The molecule has 1 aliphatic rings. The molecule has 2 heterocycles. The van der Waals surface area contributed by atoms with Gasteiger partial charge < -0.3 is 10.6 Å². The summed E-state index contributed by atoms with van der Waals surface area (Å²) >= 11 is 5.58. The lowest BCUT2D eigenvalue weighted by Gasteiger charge is -2.09. The van der Waals surface area contributed by atoms with Crippen LogP contribution in [0.25, 0.3) is 0 Å². The monoisotopic (exact) mass is 226 g/mol. The molecule has 6 heteroatoms. The SMILES string of the molecule is O=C(Nc1ccc(Cl)nn1)[C@@H]1CCCN1. The zero-order valence-corrected chi connectivity index (χ0v) is 8.79. The number of anilines is 1. The van der Waals surface area contributed by atoms with Crippen molar-refractivity contribution >= 4 is 23.3 Å². The summed E-state index contributed by atoms with van der Waals surface area (Å²) in [6.45, 7) is 0.893. The van der Waals surface area contributed by atoms with Gasteiger partial charge in [0, 0.05) is 0 Å². The number of halogens is 1. The van der Waals surface area contributed by atoms with Crippen LogP contribution in [-0.4, -0.2) is 28.7 Å². The van der Waals surface area contributed by atoms with Gasteiger partial charge in [-0.3, -0.25) is 4.79 Å². The predicted molar refractivity (Wildman–Crippen MR) is 56.7 cm³/mol. The minimum atomic E-state index is -0.109. The van der Waals surface area contributed by atoms with Crippen molar-refractivity contribution in [2.24, 2.45) is 0 Å². The standard InChI is InChI=1S/C9H11ClN4O/c10-7-3-4-8(14-13-7)12-9(15)6-2-1-5-11-6/h3-4,6,11H,1-2,5H2,(H,12,14,15)/t6-/m0/s1. The maximum Gasteiger partial charge on any atom is 0.242 e. The van der Waals surface area contributed by atoms with Crippen LogP contribution in [0.2, 0.25) is 5.15 Å². The molecular formula is C9H11ClN4O. The molecule has 0 saturated carbocycles. The van der Waals surface area contributed by atoms with E-state index in [0.29, 0.717) is 11.0 Å². The zero-order valence-electron chi connectivity index (χ0n) is 8.03. The summed E-state index contributed by atoms with van der Waals surface area (Å²) < 4.78 is 0. The molecule has 80 valence electrons. The van der Waals surface area contributed by atoms with Crippen molar-refractivity contribution in [3.63, 3.8) is 0 Å². The lowest BCUT2D eigenvalue weighted by molar-refractivity contribution is -0.117. The van der Waals surface area contributed by atoms with Gasteiger partial charge in [0.05, 0.1) is 6.04 Å². The summed E-state index contributed by atoms with van der Waals surface area (Å²) in [5.41, 5.74) is 0. The van der Waals surface area contributed by atoms with E-state index in [1.807, 2.05) is 0 Å². The van der Waals surface area contributed by atoms with Gasteiger partial charge in [-0.15, -0.1) is 10.2 Å². The first-order valence-electron chi connectivity index (χ1n) is 4.79. The van der Waals surface area contributed by atoms with Crippen LogP contribution in [-0.2, 0) is 4.79 Å². The molecule has 0 aliphatic carbocycles. The maximum atomic E-state index is 11.6. The predicted octanol–water partition coefficient (Wildman–Crippen LogP) is 0.821. The van der Waals surface area contributed by atoms with Crippen LogP contribution in [0.1, 0.15) is 12.8 Å². The number of amides is 1. The van der Waals surface area contributed by atoms with E-state index in [2.05, 4.69) is 20.8 Å². The van der Waals surface area contributed by atoms with E-state index in [0.717, 1.165) is 19.4 Å². The Morgan fingerprint density at radius 2 is 2.40 bits per heavy atom. The molecule has 1 aliphatic heterocycles. The third kappa shape index (κ3) is 2.64. The first-order valence-corrected chi connectivity index (χ1v) is 5.17. The van der Waals surface area contributed by atoms with Crippen molar-refractivity contribution in [2.45, 2.75) is 18.9 Å². The summed E-state index contributed by atoms with van der Waals surface area (Å²) in [5.74, 6) is 0.363. The molecule has 1 atom stereocenters. The normalized spacial score (nSPS) is 20.2. The topological polar surface area (TPSA) is 66.9 Å². The molecule has 2 rings (SSSR count). The lowest BCUT2D eigenvalue weighted by atomic mass is 10.2. The second kappa shape index (κ2) is 4.55. The summed E-state index contributed by atoms with van der Waals surface area (Å²) in [7, 11) is 0. The van der Waals surface area contributed by atoms with Crippen molar-refractivity contribution < 1.29 is 4.79 Å². The molecule has 1 aromatic heterocycles. The summed E-state index contributed by atoms with van der Waals surface area (Å²) in [4.78, 5) is 11.6. The van der Waals surface area contributed by atoms with Gasteiger partial charge in [0.15, 0.2) is 11.0 Å². The van der Waals surface area contributed by atoms with Crippen molar-refractivity contribution in [3.8, 4) is 0 Å². The van der Waals surface area contributed by atoms with Crippen LogP contribution < -0.4 is 10.6 Å². The van der Waals surface area contributed by atoms with Gasteiger partial charge in [0.25, 0.3) is 0 Å². The first-order chi connectivity index (χ1) is 7.25. The van der Waals surface area contributed by atoms with Crippen molar-refractivity contribution in [3.05, 3.63) is 17.3 Å². The molecule has 1 amide bonds. The molecule has 2 N–H and O–H groups in total. The Kier molecular flexibility index (Phi) is 3.13. The third-order valence-corrected chi connectivity index (χ3v) is 2.46. The molecule has 5 nitrogen and oxygen atoms in total. The van der Waals surface area contributed by atoms with Gasteiger partial charge >= 0.3 is 0 Å². The van der Waals surface area contributed by atoms with Gasteiger partial charge in [-0.2, -0.15) is 0 Å². The Bertz CT molecular complexity index is 348. The molecular weight excluding hydrogens is 216 g/mol. The number of aromatic nitrogens is 2. The Balaban J connectivity index is 1.96. The Morgan fingerprint density at radius 3 is 3.00 bits per heavy atom. The smallest absolute Gasteiger partial charge is 0.242 e. The number of carbonyl (C=O) groups is 1. The number of nitrogens with zero attached hydrogens (tertiary/aromatic N) is 2. The molecule has 0 unspecified atom stereocenters. The van der Waals surface area contributed by atoms with Crippen molar-refractivity contribution in [1.82, 2.24) is 15.5 Å². The fourth-order valence-corrected chi connectivity index (χ4v) is 1.61. The number of carbonyl (C=O) groups excluding carboxylic acids is 1. The van der Waals surface area contributed by atoms with Crippen LogP contribution in [0.4, 0.5) is 5.82 Å². The Morgan fingerprint density at radius 1 is 1.53 bits per heavy atom.